The molecule has 0 aliphatic heterocycles. The first kappa shape index (κ1) is 25.4. The van der Waals surface area contributed by atoms with Crippen LogP contribution in [0.5, 0.6) is 0 Å². The zero-order chi connectivity index (χ0) is 26.2. The summed E-state index contributed by atoms with van der Waals surface area (Å²) in [4.78, 5) is 16.3. The minimum Gasteiger partial charge on any atom is -0.384 e. The molecule has 2 heterocycles. The van der Waals surface area contributed by atoms with E-state index in [0.717, 1.165) is 50.4 Å². The van der Waals surface area contributed by atoms with E-state index in [1.54, 1.807) is 17.2 Å². The van der Waals surface area contributed by atoms with E-state index in [0.29, 0.717) is 32.6 Å². The maximum absolute atomic E-state index is 12.2. The minimum atomic E-state index is 0.0281. The van der Waals surface area contributed by atoms with Crippen LogP contribution >= 0.6 is 11.6 Å². The van der Waals surface area contributed by atoms with E-state index < -0.39 is 0 Å². The van der Waals surface area contributed by atoms with E-state index in [1.807, 2.05) is 54.6 Å². The van der Waals surface area contributed by atoms with Gasteiger partial charge in [0.15, 0.2) is 0 Å². The number of aromatic amines is 1. The van der Waals surface area contributed by atoms with Gasteiger partial charge < -0.3 is 16.0 Å². The van der Waals surface area contributed by atoms with Crippen molar-refractivity contribution in [3.63, 3.8) is 0 Å². The van der Waals surface area contributed by atoms with Crippen molar-refractivity contribution in [1.82, 2.24) is 35.6 Å². The number of fused-ring (bicyclic) bond motifs is 1. The summed E-state index contributed by atoms with van der Waals surface area (Å²) in [6, 6.07) is 20.2. The van der Waals surface area contributed by atoms with Crippen molar-refractivity contribution in [1.29, 1.82) is 0 Å². The highest BCUT2D eigenvalue weighted by atomic mass is 35.5. The molecule has 1 amide bonds. The maximum atomic E-state index is 12.2. The van der Waals surface area contributed by atoms with Crippen molar-refractivity contribution in [2.75, 3.05) is 25.0 Å². The van der Waals surface area contributed by atoms with Crippen LogP contribution in [0, 0.1) is 0 Å². The lowest BCUT2D eigenvalue weighted by atomic mass is 10.0. The first-order chi connectivity index (χ1) is 18.7. The highest BCUT2D eigenvalue weighted by Gasteiger charge is 2.08. The first-order valence-corrected chi connectivity index (χ1v) is 12.9. The average Bonchev–Trinajstić information content (AvgIpc) is 3.64. The largest absolute Gasteiger partial charge is 0.384 e. The number of nitrogens with one attached hydrogen (secondary N) is 4. The Morgan fingerprint density at radius 1 is 1.03 bits per heavy atom. The van der Waals surface area contributed by atoms with Crippen molar-refractivity contribution in [2.24, 2.45) is 0 Å². The molecule has 2 aromatic heterocycles. The van der Waals surface area contributed by atoms with Gasteiger partial charge in [0.1, 0.15) is 12.7 Å². The smallest absolute Gasteiger partial charge is 0.221 e. The second kappa shape index (κ2) is 12.4. The molecule has 5 rings (SSSR count). The molecule has 0 bridgehead atoms. The number of anilines is 1. The predicted molar refractivity (Wildman–Crippen MR) is 150 cm³/mol. The number of H-pyrrole nitrogens is 1. The number of aromatic nitrogens is 5. The van der Waals surface area contributed by atoms with Gasteiger partial charge in [-0.2, -0.15) is 10.2 Å². The van der Waals surface area contributed by atoms with E-state index in [2.05, 4.69) is 42.3 Å². The molecule has 0 unspecified atom stereocenters. The fourth-order valence-corrected chi connectivity index (χ4v) is 4.55. The molecular weight excluding hydrogens is 500 g/mol. The van der Waals surface area contributed by atoms with Crippen molar-refractivity contribution in [3.05, 3.63) is 90.1 Å². The van der Waals surface area contributed by atoms with Gasteiger partial charge in [-0.15, -0.1) is 0 Å². The molecule has 0 radical (unpaired) electrons. The number of rotatable bonds is 12. The molecule has 38 heavy (non-hydrogen) atoms. The lowest BCUT2D eigenvalue weighted by Crippen LogP contribution is -2.29. The minimum absolute atomic E-state index is 0.0281. The number of hydrogen-bond acceptors (Lipinski definition) is 6. The third-order valence-electron chi connectivity index (χ3n) is 6.19. The quantitative estimate of drug-likeness (QED) is 0.177. The van der Waals surface area contributed by atoms with Crippen molar-refractivity contribution in [3.8, 4) is 16.8 Å². The molecule has 0 saturated heterocycles. The Kier molecular flexibility index (Phi) is 8.27. The van der Waals surface area contributed by atoms with Gasteiger partial charge in [0, 0.05) is 54.3 Å². The highest BCUT2D eigenvalue weighted by Crippen LogP contribution is 2.28. The Balaban J connectivity index is 1.01. The van der Waals surface area contributed by atoms with Crippen molar-refractivity contribution in [2.45, 2.75) is 19.4 Å². The van der Waals surface area contributed by atoms with Gasteiger partial charge in [-0.05, 0) is 35.7 Å². The van der Waals surface area contributed by atoms with Crippen LogP contribution in [0.25, 0.3) is 27.7 Å². The Morgan fingerprint density at radius 3 is 2.74 bits per heavy atom. The van der Waals surface area contributed by atoms with Crippen LogP contribution in [-0.4, -0.2) is 50.5 Å². The number of nitrogens with zero attached hydrogens (tertiary/aromatic N) is 4. The molecule has 3 aromatic carbocycles. The van der Waals surface area contributed by atoms with E-state index in [-0.39, 0.29) is 5.91 Å². The zero-order valence-electron chi connectivity index (χ0n) is 20.8. The molecule has 0 spiro atoms. The molecule has 4 N–H and O–H groups in total. The summed E-state index contributed by atoms with van der Waals surface area (Å²) in [6.07, 6.45) is 6.16. The molecule has 0 aliphatic rings. The van der Waals surface area contributed by atoms with E-state index >= 15 is 0 Å². The lowest BCUT2D eigenvalue weighted by Gasteiger charge is -2.11. The number of amides is 1. The summed E-state index contributed by atoms with van der Waals surface area (Å²) in [7, 11) is 0. The summed E-state index contributed by atoms with van der Waals surface area (Å²) >= 11 is 6.49. The van der Waals surface area contributed by atoms with E-state index in [1.165, 1.54) is 6.33 Å². The normalized spacial score (nSPS) is 11.1. The predicted octanol–water partition coefficient (Wildman–Crippen LogP) is 4.56. The van der Waals surface area contributed by atoms with Crippen LogP contribution in [0.3, 0.4) is 0 Å². The van der Waals surface area contributed by atoms with Crippen molar-refractivity contribution < 1.29 is 4.79 Å². The average molecular weight is 529 g/mol. The first-order valence-electron chi connectivity index (χ1n) is 12.5. The van der Waals surface area contributed by atoms with Crippen LogP contribution in [0.2, 0.25) is 5.02 Å². The van der Waals surface area contributed by atoms with Crippen LogP contribution < -0.4 is 16.0 Å². The number of benzene rings is 3. The molecule has 0 atom stereocenters. The van der Waals surface area contributed by atoms with Gasteiger partial charge in [0.25, 0.3) is 0 Å². The highest BCUT2D eigenvalue weighted by molar-refractivity contribution is 6.33. The second-order valence-electron chi connectivity index (χ2n) is 8.90. The molecule has 0 aliphatic carbocycles. The third kappa shape index (κ3) is 6.37. The van der Waals surface area contributed by atoms with Gasteiger partial charge in [0.05, 0.1) is 17.4 Å². The zero-order valence-corrected chi connectivity index (χ0v) is 21.6. The number of halogens is 1. The molecule has 0 fully saturated rings. The van der Waals surface area contributed by atoms with E-state index in [4.69, 9.17) is 11.6 Å². The van der Waals surface area contributed by atoms with Gasteiger partial charge in [-0.25, -0.2) is 9.67 Å². The summed E-state index contributed by atoms with van der Waals surface area (Å²) in [6.45, 7) is 2.55. The van der Waals surface area contributed by atoms with Gasteiger partial charge in [-0.1, -0.05) is 54.1 Å². The standard InChI is InChI=1S/C28H29ClN8O/c29-25-13-20(7-8-23(25)21-5-2-1-3-6-21)16-30-12-9-28(38)33-11-4-10-32-26-14-22(37-19-31-18-35-37)15-27-24(26)17-34-36-27/h1-3,5-8,13-15,17-19,30,32H,4,9-12,16H2,(H,33,38)(H,34,36). The monoisotopic (exact) mass is 528 g/mol. The molecular formula is C28H29ClN8O. The van der Waals surface area contributed by atoms with E-state index in [9.17, 15) is 4.79 Å². The van der Waals surface area contributed by atoms with Crippen molar-refractivity contribution >= 4 is 34.1 Å². The van der Waals surface area contributed by atoms with Crippen LogP contribution in [0.15, 0.2) is 79.5 Å². The third-order valence-corrected chi connectivity index (χ3v) is 6.51. The molecule has 0 saturated carbocycles. The second-order valence-corrected chi connectivity index (χ2v) is 9.31. The summed E-state index contributed by atoms with van der Waals surface area (Å²) in [5.41, 5.74) is 5.95. The lowest BCUT2D eigenvalue weighted by molar-refractivity contribution is -0.120. The van der Waals surface area contributed by atoms with Crippen LogP contribution in [0.1, 0.15) is 18.4 Å². The molecule has 9 nitrogen and oxygen atoms in total. The van der Waals surface area contributed by atoms with Gasteiger partial charge in [-0.3, -0.25) is 9.89 Å². The maximum Gasteiger partial charge on any atom is 0.221 e. The Bertz CT molecular complexity index is 1480. The van der Waals surface area contributed by atoms with Gasteiger partial charge in [0.2, 0.25) is 5.91 Å². The summed E-state index contributed by atoms with van der Waals surface area (Å²) in [5.74, 6) is 0.0281. The Morgan fingerprint density at radius 2 is 1.92 bits per heavy atom. The van der Waals surface area contributed by atoms with Gasteiger partial charge >= 0.3 is 0 Å². The fraction of sp³-hybridized carbons (Fsp3) is 0.214. The Hall–Kier alpha value is -4.21. The summed E-state index contributed by atoms with van der Waals surface area (Å²) in [5, 5.41) is 22.8. The Labute approximate surface area is 225 Å². The SMILES string of the molecule is O=C(CCNCc1ccc(-c2ccccc2)c(Cl)c1)NCCCNc1cc(-n2cncn2)cc2[nH]ncc12. The molecule has 194 valence electrons. The topological polar surface area (TPSA) is 113 Å². The molecule has 5 aromatic rings. The van der Waals surface area contributed by atoms with Crippen LogP contribution in [0.4, 0.5) is 5.69 Å². The number of carbonyl (C=O) groups is 1. The number of carbonyl (C=O) groups excluding carboxylic acids is 1. The summed E-state index contributed by atoms with van der Waals surface area (Å²) < 4.78 is 1.70. The number of hydrogen-bond donors (Lipinski definition) is 4. The fourth-order valence-electron chi connectivity index (χ4n) is 4.24. The molecule has 10 heteroatoms. The van der Waals surface area contributed by atoms with Crippen LogP contribution in [-0.2, 0) is 11.3 Å².